The summed E-state index contributed by atoms with van der Waals surface area (Å²) in [6, 6.07) is 72.3. The van der Waals surface area contributed by atoms with Gasteiger partial charge in [0.25, 0.3) is 0 Å². The largest absolute Gasteiger partial charge is 0.310 e. The Morgan fingerprint density at radius 2 is 0.833 bits per heavy atom. The fraction of sp³-hybridized carbons (Fsp3) is 0.103. The van der Waals surface area contributed by atoms with E-state index >= 15 is 0 Å². The van der Waals surface area contributed by atoms with Crippen LogP contribution in [0.1, 0.15) is 49.9 Å². The van der Waals surface area contributed by atoms with Gasteiger partial charge in [0.05, 0.1) is 11.0 Å². The zero-order chi connectivity index (χ0) is 40.3. The molecule has 0 spiro atoms. The summed E-state index contributed by atoms with van der Waals surface area (Å²) >= 11 is 0. The van der Waals surface area contributed by atoms with Crippen LogP contribution in [0.15, 0.2) is 194 Å². The molecular formula is C58H44N2. The second-order valence-electron chi connectivity index (χ2n) is 17.8. The maximum atomic E-state index is 2.47. The standard InChI is InChI=1S/C58H44N2/c1-57(2)51-19-11-8-16-45(51)47-29-27-43(35-53(47)57)59(44-28-30-48-46-17-9-12-20-52(46)58(3,4)54(48)36-44)42-26-24-38-32-37(22-23-39(38)33-42)40-25-31-56-50(34-40)49-18-10-13-21-55(49)60(56)41-14-6-5-7-15-41/h5-36H,1-4H3. The highest BCUT2D eigenvalue weighted by molar-refractivity contribution is 6.10. The number of aromatic nitrogens is 1. The molecule has 10 aromatic rings. The van der Waals surface area contributed by atoms with Gasteiger partial charge in [-0.2, -0.15) is 0 Å². The van der Waals surface area contributed by atoms with Gasteiger partial charge in [0.2, 0.25) is 0 Å². The van der Waals surface area contributed by atoms with Crippen LogP contribution in [0, 0.1) is 0 Å². The third-order valence-corrected chi connectivity index (χ3v) is 13.8. The predicted octanol–water partition coefficient (Wildman–Crippen LogP) is 15.7. The minimum absolute atomic E-state index is 0.103. The molecule has 0 aliphatic heterocycles. The number of anilines is 3. The highest BCUT2D eigenvalue weighted by Gasteiger charge is 2.37. The van der Waals surface area contributed by atoms with Crippen LogP contribution in [-0.2, 0) is 10.8 Å². The first-order valence-electron chi connectivity index (χ1n) is 21.2. The lowest BCUT2D eigenvalue weighted by atomic mass is 9.82. The van der Waals surface area contributed by atoms with Crippen LogP contribution in [0.4, 0.5) is 17.1 Å². The molecule has 0 amide bonds. The van der Waals surface area contributed by atoms with E-state index in [2.05, 4.69) is 231 Å². The van der Waals surface area contributed by atoms with Gasteiger partial charge in [-0.1, -0.05) is 149 Å². The molecule has 2 heteroatoms. The molecule has 0 saturated heterocycles. The summed E-state index contributed by atoms with van der Waals surface area (Å²) in [5.41, 5.74) is 20.2. The third kappa shape index (κ3) is 5.01. The first kappa shape index (κ1) is 34.8. The van der Waals surface area contributed by atoms with Gasteiger partial charge in [0.15, 0.2) is 0 Å². The Bertz CT molecular complexity index is 3270. The third-order valence-electron chi connectivity index (χ3n) is 13.8. The number of hydrogen-bond acceptors (Lipinski definition) is 1. The van der Waals surface area contributed by atoms with E-state index in [9.17, 15) is 0 Å². The Balaban J connectivity index is 0.983. The van der Waals surface area contributed by atoms with Crippen molar-refractivity contribution in [2.75, 3.05) is 4.90 Å². The molecule has 2 nitrogen and oxygen atoms in total. The molecule has 2 aliphatic carbocycles. The number of benzene rings is 9. The monoisotopic (exact) mass is 768 g/mol. The van der Waals surface area contributed by atoms with Crippen LogP contribution in [0.5, 0.6) is 0 Å². The number of nitrogens with zero attached hydrogens (tertiary/aromatic N) is 2. The fourth-order valence-electron chi connectivity index (χ4n) is 10.7. The molecule has 286 valence electrons. The quantitative estimate of drug-likeness (QED) is 0.169. The highest BCUT2D eigenvalue weighted by atomic mass is 15.1. The zero-order valence-corrected chi connectivity index (χ0v) is 34.4. The number of hydrogen-bond donors (Lipinski definition) is 0. The van der Waals surface area contributed by atoms with E-state index in [1.807, 2.05) is 0 Å². The van der Waals surface area contributed by atoms with E-state index in [0.717, 1.165) is 5.69 Å². The lowest BCUT2D eigenvalue weighted by Crippen LogP contribution is -2.18. The maximum Gasteiger partial charge on any atom is 0.0541 e. The Hall–Kier alpha value is -7.16. The summed E-state index contributed by atoms with van der Waals surface area (Å²) in [6.07, 6.45) is 0. The van der Waals surface area contributed by atoms with Crippen molar-refractivity contribution >= 4 is 49.6 Å². The average Bonchev–Trinajstić information content (AvgIpc) is 3.83. The minimum Gasteiger partial charge on any atom is -0.310 e. The van der Waals surface area contributed by atoms with E-state index in [0.29, 0.717) is 0 Å². The molecule has 60 heavy (non-hydrogen) atoms. The van der Waals surface area contributed by atoms with Gasteiger partial charge in [-0.15, -0.1) is 0 Å². The number of fused-ring (bicyclic) bond motifs is 10. The zero-order valence-electron chi connectivity index (χ0n) is 34.4. The van der Waals surface area contributed by atoms with Crippen molar-refractivity contribution in [3.63, 3.8) is 0 Å². The Labute approximate surface area is 351 Å². The van der Waals surface area contributed by atoms with E-state index in [1.165, 1.54) is 105 Å². The van der Waals surface area contributed by atoms with Crippen LogP contribution in [0.25, 0.3) is 71.6 Å². The molecule has 1 heterocycles. The summed E-state index contributed by atoms with van der Waals surface area (Å²) < 4.78 is 2.38. The van der Waals surface area contributed by atoms with E-state index < -0.39 is 0 Å². The molecule has 0 fully saturated rings. The van der Waals surface area contributed by atoms with Crippen molar-refractivity contribution in [3.8, 4) is 39.1 Å². The summed E-state index contributed by atoms with van der Waals surface area (Å²) in [4.78, 5) is 2.47. The van der Waals surface area contributed by atoms with Crippen LogP contribution in [0.3, 0.4) is 0 Å². The fourth-order valence-corrected chi connectivity index (χ4v) is 10.7. The smallest absolute Gasteiger partial charge is 0.0541 e. The summed E-state index contributed by atoms with van der Waals surface area (Å²) in [5, 5.41) is 4.96. The molecule has 0 unspecified atom stereocenters. The summed E-state index contributed by atoms with van der Waals surface area (Å²) in [7, 11) is 0. The molecule has 0 bridgehead atoms. The lowest BCUT2D eigenvalue weighted by Gasteiger charge is -2.30. The molecule has 2 aliphatic rings. The van der Waals surface area contributed by atoms with E-state index in [4.69, 9.17) is 0 Å². The SMILES string of the molecule is CC1(C)c2ccccc2-c2ccc(N(c3ccc4c(c3)C(C)(C)c3ccccc3-4)c3ccc4cc(-c5ccc6c(c5)c5ccccc5n6-c5ccccc5)ccc4c3)cc21. The highest BCUT2D eigenvalue weighted by Crippen LogP contribution is 2.53. The molecule has 0 atom stereocenters. The minimum atomic E-state index is -0.103. The van der Waals surface area contributed by atoms with Crippen molar-refractivity contribution < 1.29 is 0 Å². The van der Waals surface area contributed by atoms with Crippen molar-refractivity contribution in [1.29, 1.82) is 0 Å². The topological polar surface area (TPSA) is 8.17 Å². The normalized spacial score (nSPS) is 14.3. The van der Waals surface area contributed by atoms with Crippen molar-refractivity contribution in [2.24, 2.45) is 0 Å². The van der Waals surface area contributed by atoms with Gasteiger partial charge in [-0.25, -0.2) is 0 Å². The van der Waals surface area contributed by atoms with Crippen molar-refractivity contribution in [1.82, 2.24) is 4.57 Å². The van der Waals surface area contributed by atoms with Gasteiger partial charge in [-0.05, 0) is 139 Å². The van der Waals surface area contributed by atoms with E-state index in [1.54, 1.807) is 0 Å². The first-order chi connectivity index (χ1) is 29.3. The van der Waals surface area contributed by atoms with Gasteiger partial charge in [0.1, 0.15) is 0 Å². The van der Waals surface area contributed by atoms with Crippen LogP contribution >= 0.6 is 0 Å². The maximum absolute atomic E-state index is 2.47. The second kappa shape index (κ2) is 12.7. The van der Waals surface area contributed by atoms with Gasteiger partial charge < -0.3 is 9.47 Å². The molecular weight excluding hydrogens is 725 g/mol. The molecule has 0 radical (unpaired) electrons. The first-order valence-corrected chi connectivity index (χ1v) is 21.2. The van der Waals surface area contributed by atoms with Crippen LogP contribution in [0.2, 0.25) is 0 Å². The Morgan fingerprint density at radius 3 is 1.52 bits per heavy atom. The predicted molar refractivity (Wildman–Crippen MR) is 254 cm³/mol. The van der Waals surface area contributed by atoms with Gasteiger partial charge >= 0.3 is 0 Å². The average molecular weight is 769 g/mol. The Kier molecular flexibility index (Phi) is 7.36. The van der Waals surface area contributed by atoms with Gasteiger partial charge in [-0.3, -0.25) is 0 Å². The molecule has 1 aromatic heterocycles. The number of para-hydroxylation sites is 2. The summed E-state index contributed by atoms with van der Waals surface area (Å²) in [6.45, 7) is 9.47. The van der Waals surface area contributed by atoms with E-state index in [-0.39, 0.29) is 10.8 Å². The van der Waals surface area contributed by atoms with Crippen LogP contribution < -0.4 is 4.90 Å². The molecule has 12 rings (SSSR count). The lowest BCUT2D eigenvalue weighted by molar-refractivity contribution is 0.660. The number of rotatable bonds is 5. The molecule has 9 aromatic carbocycles. The van der Waals surface area contributed by atoms with Crippen LogP contribution in [-0.4, -0.2) is 4.57 Å². The molecule has 0 saturated carbocycles. The second-order valence-corrected chi connectivity index (χ2v) is 17.8. The van der Waals surface area contributed by atoms with Crippen molar-refractivity contribution in [3.05, 3.63) is 216 Å². The summed E-state index contributed by atoms with van der Waals surface area (Å²) in [5.74, 6) is 0. The Morgan fingerprint density at radius 1 is 0.350 bits per heavy atom. The molecule has 0 N–H and O–H groups in total. The van der Waals surface area contributed by atoms with Gasteiger partial charge in [0, 0.05) is 44.4 Å². The van der Waals surface area contributed by atoms with Crippen molar-refractivity contribution in [2.45, 2.75) is 38.5 Å².